The van der Waals surface area contributed by atoms with Gasteiger partial charge in [0.1, 0.15) is 5.75 Å². The fraction of sp³-hybridized carbons (Fsp3) is 0.250. The van der Waals surface area contributed by atoms with E-state index < -0.39 is 0 Å². The van der Waals surface area contributed by atoms with E-state index in [0.29, 0.717) is 20.9 Å². The number of nitrogens with one attached hydrogen (secondary N) is 1. The Morgan fingerprint density at radius 1 is 1.45 bits per heavy atom. The predicted molar refractivity (Wildman–Crippen MR) is 81.3 cm³/mol. The minimum Gasteiger partial charge on any atom is -0.495 e. The van der Waals surface area contributed by atoms with Crippen molar-refractivity contribution in [1.82, 2.24) is 10.2 Å². The summed E-state index contributed by atoms with van der Waals surface area (Å²) in [6.07, 6.45) is 0. The number of methoxy groups -OCH3 is 1. The van der Waals surface area contributed by atoms with Crippen LogP contribution in [0.25, 0.3) is 0 Å². The molecule has 8 heteroatoms. The summed E-state index contributed by atoms with van der Waals surface area (Å²) in [5.74, 6) is 0.492. The molecule has 0 unspecified atom stereocenters. The molecule has 0 fully saturated rings. The van der Waals surface area contributed by atoms with Crippen LogP contribution in [0.3, 0.4) is 0 Å². The Labute approximate surface area is 124 Å². The summed E-state index contributed by atoms with van der Waals surface area (Å²) in [5, 5.41) is 10.5. The number of anilines is 2. The molecule has 6 nitrogen and oxygen atoms in total. The van der Waals surface area contributed by atoms with E-state index in [1.807, 2.05) is 12.1 Å². The van der Waals surface area contributed by atoms with Crippen molar-refractivity contribution < 1.29 is 9.53 Å². The Morgan fingerprint density at radius 3 is 2.85 bits per heavy atom. The molecular formula is C12H14N4O2S2. The molecule has 2 rings (SSSR count). The largest absolute Gasteiger partial charge is 0.495 e. The van der Waals surface area contributed by atoms with Gasteiger partial charge in [-0.3, -0.25) is 4.79 Å². The van der Waals surface area contributed by atoms with E-state index in [0.717, 1.165) is 0 Å². The van der Waals surface area contributed by atoms with Crippen LogP contribution in [-0.4, -0.2) is 28.5 Å². The number of amides is 1. The lowest BCUT2D eigenvalue weighted by molar-refractivity contribution is -0.115. The molecule has 0 spiro atoms. The normalized spacial score (nSPS) is 11.9. The lowest BCUT2D eigenvalue weighted by atomic mass is 10.3. The number of ether oxygens (including phenoxy) is 1. The van der Waals surface area contributed by atoms with Gasteiger partial charge in [0.05, 0.1) is 18.0 Å². The predicted octanol–water partition coefficient (Wildman–Crippen LogP) is 2.25. The smallest absolute Gasteiger partial charge is 0.237 e. The fourth-order valence-corrected chi connectivity index (χ4v) is 3.24. The average molecular weight is 310 g/mol. The number of benzene rings is 1. The Hall–Kier alpha value is -1.80. The molecular weight excluding hydrogens is 296 g/mol. The van der Waals surface area contributed by atoms with Crippen molar-refractivity contribution in [1.29, 1.82) is 0 Å². The van der Waals surface area contributed by atoms with Gasteiger partial charge in [0.2, 0.25) is 11.0 Å². The number of nitrogens with zero attached hydrogens (tertiary/aromatic N) is 2. The summed E-state index contributed by atoms with van der Waals surface area (Å²) in [7, 11) is 1.56. The highest BCUT2D eigenvalue weighted by molar-refractivity contribution is 8.02. The van der Waals surface area contributed by atoms with E-state index in [9.17, 15) is 4.79 Å². The molecule has 20 heavy (non-hydrogen) atoms. The van der Waals surface area contributed by atoms with Crippen LogP contribution in [-0.2, 0) is 4.79 Å². The van der Waals surface area contributed by atoms with E-state index in [-0.39, 0.29) is 11.2 Å². The Kier molecular flexibility index (Phi) is 4.80. The highest BCUT2D eigenvalue weighted by Gasteiger charge is 2.18. The molecule has 1 aromatic carbocycles. The van der Waals surface area contributed by atoms with Gasteiger partial charge in [-0.2, -0.15) is 0 Å². The first-order chi connectivity index (χ1) is 9.60. The van der Waals surface area contributed by atoms with E-state index in [1.165, 1.54) is 23.1 Å². The van der Waals surface area contributed by atoms with Crippen LogP contribution in [0, 0.1) is 0 Å². The standard InChI is InChI=1S/C12H14N4O2S2/c1-7(19-12-16-15-11(13)20-12)10(17)14-8-5-3-4-6-9(8)18-2/h3-7H,1-2H3,(H2,13,15)(H,14,17)/t7-/m0/s1. The van der Waals surface area contributed by atoms with Crippen LogP contribution in [0.4, 0.5) is 10.8 Å². The first-order valence-corrected chi connectivity index (χ1v) is 7.49. The van der Waals surface area contributed by atoms with Crippen LogP contribution in [0.5, 0.6) is 5.75 Å². The zero-order valence-corrected chi connectivity index (χ0v) is 12.6. The number of aromatic nitrogens is 2. The maximum atomic E-state index is 12.1. The summed E-state index contributed by atoms with van der Waals surface area (Å²) >= 11 is 2.58. The molecule has 0 saturated carbocycles. The van der Waals surface area contributed by atoms with Gasteiger partial charge in [-0.25, -0.2) is 0 Å². The van der Waals surface area contributed by atoms with Gasteiger partial charge in [0.25, 0.3) is 0 Å². The molecule has 1 amide bonds. The fourth-order valence-electron chi connectivity index (χ4n) is 1.46. The highest BCUT2D eigenvalue weighted by Crippen LogP contribution is 2.29. The number of nitrogens with two attached hydrogens (primary N) is 1. The van der Waals surface area contributed by atoms with Crippen LogP contribution >= 0.6 is 23.1 Å². The first-order valence-electron chi connectivity index (χ1n) is 5.79. The molecule has 0 aliphatic carbocycles. The molecule has 0 radical (unpaired) electrons. The monoisotopic (exact) mass is 310 g/mol. The number of hydrogen-bond acceptors (Lipinski definition) is 7. The Bertz CT molecular complexity index is 603. The van der Waals surface area contributed by atoms with Gasteiger partial charge in [-0.1, -0.05) is 35.2 Å². The van der Waals surface area contributed by atoms with Gasteiger partial charge in [0.15, 0.2) is 4.34 Å². The number of rotatable bonds is 5. The van der Waals surface area contributed by atoms with E-state index in [2.05, 4.69) is 15.5 Å². The van der Waals surface area contributed by atoms with E-state index in [1.54, 1.807) is 26.2 Å². The minimum absolute atomic E-state index is 0.131. The third-order valence-corrected chi connectivity index (χ3v) is 4.37. The second-order valence-corrected chi connectivity index (χ2v) is 6.45. The van der Waals surface area contributed by atoms with Gasteiger partial charge < -0.3 is 15.8 Å². The molecule has 3 N–H and O–H groups in total. The van der Waals surface area contributed by atoms with Crippen molar-refractivity contribution in [3.05, 3.63) is 24.3 Å². The quantitative estimate of drug-likeness (QED) is 0.823. The molecule has 1 aromatic heterocycles. The first kappa shape index (κ1) is 14.6. The average Bonchev–Trinajstić information content (AvgIpc) is 2.84. The van der Waals surface area contributed by atoms with Crippen LogP contribution in [0.1, 0.15) is 6.92 Å². The molecule has 1 atom stereocenters. The Morgan fingerprint density at radius 2 is 2.20 bits per heavy atom. The summed E-state index contributed by atoms with van der Waals surface area (Å²) in [4.78, 5) is 12.1. The third kappa shape index (κ3) is 3.61. The van der Waals surface area contributed by atoms with E-state index >= 15 is 0 Å². The van der Waals surface area contributed by atoms with Crippen molar-refractivity contribution in [2.24, 2.45) is 0 Å². The number of carbonyl (C=O) groups excluding carboxylic acids is 1. The van der Waals surface area contributed by atoms with Crippen molar-refractivity contribution in [3.63, 3.8) is 0 Å². The van der Waals surface area contributed by atoms with Crippen molar-refractivity contribution in [3.8, 4) is 5.75 Å². The maximum Gasteiger partial charge on any atom is 0.237 e. The number of hydrogen-bond donors (Lipinski definition) is 2. The zero-order chi connectivity index (χ0) is 14.5. The van der Waals surface area contributed by atoms with Crippen LogP contribution in [0.15, 0.2) is 28.6 Å². The summed E-state index contributed by atoms with van der Waals surface area (Å²) < 4.78 is 5.86. The number of carbonyl (C=O) groups is 1. The van der Waals surface area contributed by atoms with E-state index in [4.69, 9.17) is 10.5 Å². The van der Waals surface area contributed by atoms with Crippen molar-refractivity contribution >= 4 is 39.8 Å². The SMILES string of the molecule is COc1ccccc1NC(=O)[C@H](C)Sc1nnc(N)s1. The van der Waals surface area contributed by atoms with Crippen molar-refractivity contribution in [2.75, 3.05) is 18.2 Å². The molecule has 0 bridgehead atoms. The number of nitrogen functional groups attached to an aromatic ring is 1. The zero-order valence-electron chi connectivity index (χ0n) is 11.0. The molecule has 0 saturated heterocycles. The molecule has 106 valence electrons. The number of thioether (sulfide) groups is 1. The van der Waals surface area contributed by atoms with Crippen LogP contribution in [0.2, 0.25) is 0 Å². The lowest BCUT2D eigenvalue weighted by Crippen LogP contribution is -2.22. The van der Waals surface area contributed by atoms with Gasteiger partial charge in [0, 0.05) is 0 Å². The molecule has 0 aliphatic rings. The molecule has 2 aromatic rings. The summed E-state index contributed by atoms with van der Waals surface area (Å²) in [6.45, 7) is 1.80. The Balaban J connectivity index is 2.00. The van der Waals surface area contributed by atoms with Gasteiger partial charge >= 0.3 is 0 Å². The second kappa shape index (κ2) is 6.58. The second-order valence-electron chi connectivity index (χ2n) is 3.86. The molecule has 0 aliphatic heterocycles. The topological polar surface area (TPSA) is 90.1 Å². The third-order valence-electron chi connectivity index (χ3n) is 2.43. The molecule has 1 heterocycles. The minimum atomic E-state index is -0.313. The summed E-state index contributed by atoms with van der Waals surface area (Å²) in [6, 6.07) is 7.26. The lowest BCUT2D eigenvalue weighted by Gasteiger charge is -2.12. The van der Waals surface area contributed by atoms with Crippen molar-refractivity contribution in [2.45, 2.75) is 16.5 Å². The number of para-hydroxylation sites is 2. The maximum absolute atomic E-state index is 12.1. The van der Waals surface area contributed by atoms with Gasteiger partial charge in [-0.05, 0) is 19.1 Å². The van der Waals surface area contributed by atoms with Gasteiger partial charge in [-0.15, -0.1) is 10.2 Å². The highest BCUT2D eigenvalue weighted by atomic mass is 32.2. The summed E-state index contributed by atoms with van der Waals surface area (Å²) in [5.41, 5.74) is 6.15. The van der Waals surface area contributed by atoms with Crippen LogP contribution < -0.4 is 15.8 Å².